The topological polar surface area (TPSA) is 79.8 Å². The number of benzene rings is 1. The van der Waals surface area contributed by atoms with E-state index >= 15 is 0 Å². The largest absolute Gasteiger partial charge is 0.324 e. The van der Waals surface area contributed by atoms with Crippen molar-refractivity contribution < 1.29 is 4.79 Å². The van der Waals surface area contributed by atoms with E-state index in [-0.39, 0.29) is 6.03 Å². The first-order valence-corrected chi connectivity index (χ1v) is 7.49. The molecule has 3 rings (SSSR count). The highest BCUT2D eigenvalue weighted by atomic mass is 16.2. The highest BCUT2D eigenvalue weighted by Crippen LogP contribution is 2.28. The molecule has 24 heavy (non-hydrogen) atoms. The zero-order valence-corrected chi connectivity index (χ0v) is 13.4. The molecule has 2 aromatic heterocycles. The van der Waals surface area contributed by atoms with Crippen molar-refractivity contribution >= 4 is 17.5 Å². The summed E-state index contributed by atoms with van der Waals surface area (Å²) >= 11 is 0. The summed E-state index contributed by atoms with van der Waals surface area (Å²) in [5.41, 5.74) is 4.38. The van der Waals surface area contributed by atoms with Gasteiger partial charge < -0.3 is 5.32 Å². The third-order valence-electron chi connectivity index (χ3n) is 3.42. The second-order valence-corrected chi connectivity index (χ2v) is 5.41. The summed E-state index contributed by atoms with van der Waals surface area (Å²) in [4.78, 5) is 24.6. The van der Waals surface area contributed by atoms with Gasteiger partial charge in [0.25, 0.3) is 0 Å². The van der Waals surface area contributed by atoms with Crippen molar-refractivity contribution in [2.45, 2.75) is 13.8 Å². The SMILES string of the molecule is Cc1ccc(-c2cccnc2)c(NC(=O)Nc2cnc(C)cn2)c1. The zero-order chi connectivity index (χ0) is 16.9. The van der Waals surface area contributed by atoms with Crippen LogP contribution >= 0.6 is 0 Å². The molecule has 0 spiro atoms. The van der Waals surface area contributed by atoms with E-state index < -0.39 is 0 Å². The Morgan fingerprint density at radius 1 is 1.00 bits per heavy atom. The average Bonchev–Trinajstić information content (AvgIpc) is 2.58. The summed E-state index contributed by atoms with van der Waals surface area (Å²) < 4.78 is 0. The summed E-state index contributed by atoms with van der Waals surface area (Å²) in [6, 6.07) is 9.32. The monoisotopic (exact) mass is 319 g/mol. The minimum Gasteiger partial charge on any atom is -0.307 e. The van der Waals surface area contributed by atoms with Crippen molar-refractivity contribution in [3.63, 3.8) is 0 Å². The van der Waals surface area contributed by atoms with Crippen LogP contribution in [0.3, 0.4) is 0 Å². The van der Waals surface area contributed by atoms with Crippen LogP contribution in [0.1, 0.15) is 11.3 Å². The molecule has 2 amide bonds. The summed E-state index contributed by atoms with van der Waals surface area (Å²) in [5, 5.41) is 5.54. The van der Waals surface area contributed by atoms with Crippen LogP contribution in [0.2, 0.25) is 0 Å². The molecule has 6 nitrogen and oxygen atoms in total. The predicted molar refractivity (Wildman–Crippen MR) is 93.8 cm³/mol. The van der Waals surface area contributed by atoms with E-state index in [1.54, 1.807) is 18.6 Å². The molecular formula is C18H17N5O. The standard InChI is InChI=1S/C18H17N5O/c1-12-5-6-15(14-4-3-7-19-10-14)16(8-12)22-18(24)23-17-11-20-13(2)9-21-17/h3-11H,1-2H3,(H2,21,22,23,24). The summed E-state index contributed by atoms with van der Waals surface area (Å²) in [5.74, 6) is 0.397. The Bertz CT molecular complexity index is 847. The number of hydrogen-bond acceptors (Lipinski definition) is 4. The van der Waals surface area contributed by atoms with E-state index in [0.717, 1.165) is 22.4 Å². The number of nitrogens with one attached hydrogen (secondary N) is 2. The maximum Gasteiger partial charge on any atom is 0.324 e. The number of aromatic nitrogens is 3. The molecule has 0 aliphatic rings. The van der Waals surface area contributed by atoms with Crippen LogP contribution in [-0.4, -0.2) is 21.0 Å². The number of carbonyl (C=O) groups excluding carboxylic acids is 1. The van der Waals surface area contributed by atoms with Gasteiger partial charge in [0.05, 0.1) is 23.8 Å². The molecule has 2 N–H and O–H groups in total. The molecule has 0 radical (unpaired) electrons. The molecule has 2 heterocycles. The molecule has 0 aliphatic heterocycles. The van der Waals surface area contributed by atoms with E-state index in [0.29, 0.717) is 11.5 Å². The lowest BCUT2D eigenvalue weighted by molar-refractivity contribution is 0.262. The van der Waals surface area contributed by atoms with Gasteiger partial charge in [-0.3, -0.25) is 15.3 Å². The lowest BCUT2D eigenvalue weighted by Crippen LogP contribution is -2.20. The van der Waals surface area contributed by atoms with Gasteiger partial charge in [-0.05, 0) is 31.5 Å². The first-order valence-electron chi connectivity index (χ1n) is 7.49. The molecule has 3 aromatic rings. The zero-order valence-electron chi connectivity index (χ0n) is 13.4. The Labute approximate surface area is 140 Å². The van der Waals surface area contributed by atoms with Gasteiger partial charge in [-0.1, -0.05) is 18.2 Å². The Balaban J connectivity index is 1.82. The van der Waals surface area contributed by atoms with E-state index in [1.807, 2.05) is 44.2 Å². The fourth-order valence-corrected chi connectivity index (χ4v) is 2.26. The van der Waals surface area contributed by atoms with Gasteiger partial charge in [0.2, 0.25) is 0 Å². The van der Waals surface area contributed by atoms with Gasteiger partial charge in [0, 0.05) is 23.5 Å². The van der Waals surface area contributed by atoms with Crippen LogP contribution in [0.25, 0.3) is 11.1 Å². The number of anilines is 2. The normalized spacial score (nSPS) is 10.2. The van der Waals surface area contributed by atoms with Crippen molar-refractivity contribution in [3.05, 3.63) is 66.4 Å². The van der Waals surface area contributed by atoms with Crippen molar-refractivity contribution in [1.82, 2.24) is 15.0 Å². The van der Waals surface area contributed by atoms with E-state index in [9.17, 15) is 4.79 Å². The Morgan fingerprint density at radius 2 is 1.88 bits per heavy atom. The van der Waals surface area contributed by atoms with Crippen molar-refractivity contribution in [2.24, 2.45) is 0 Å². The lowest BCUT2D eigenvalue weighted by atomic mass is 10.0. The van der Waals surface area contributed by atoms with Gasteiger partial charge in [-0.2, -0.15) is 0 Å². The molecule has 6 heteroatoms. The first kappa shape index (κ1) is 15.6. The molecule has 0 fully saturated rings. The number of aryl methyl sites for hydroxylation is 2. The van der Waals surface area contributed by atoms with E-state index in [4.69, 9.17) is 0 Å². The molecule has 0 saturated carbocycles. The smallest absolute Gasteiger partial charge is 0.307 e. The quantitative estimate of drug-likeness (QED) is 0.769. The molecular weight excluding hydrogens is 302 g/mol. The van der Waals surface area contributed by atoms with Gasteiger partial charge in [-0.25, -0.2) is 9.78 Å². The summed E-state index contributed by atoms with van der Waals surface area (Å²) in [7, 11) is 0. The van der Waals surface area contributed by atoms with Crippen LogP contribution in [0, 0.1) is 13.8 Å². The fourth-order valence-electron chi connectivity index (χ4n) is 2.26. The predicted octanol–water partition coefficient (Wildman–Crippen LogP) is 3.80. The number of urea groups is 1. The molecule has 0 saturated heterocycles. The van der Waals surface area contributed by atoms with Crippen LogP contribution in [-0.2, 0) is 0 Å². The number of rotatable bonds is 3. The minimum absolute atomic E-state index is 0.371. The van der Waals surface area contributed by atoms with Crippen molar-refractivity contribution in [1.29, 1.82) is 0 Å². The van der Waals surface area contributed by atoms with Gasteiger partial charge in [-0.15, -0.1) is 0 Å². The van der Waals surface area contributed by atoms with E-state index in [2.05, 4.69) is 25.6 Å². The van der Waals surface area contributed by atoms with Crippen LogP contribution < -0.4 is 10.6 Å². The maximum absolute atomic E-state index is 12.3. The Kier molecular flexibility index (Phi) is 4.47. The molecule has 0 atom stereocenters. The first-order chi connectivity index (χ1) is 11.6. The van der Waals surface area contributed by atoms with Crippen LogP contribution in [0.15, 0.2) is 55.1 Å². The van der Waals surface area contributed by atoms with Crippen LogP contribution in [0.4, 0.5) is 16.3 Å². The number of hydrogen-bond donors (Lipinski definition) is 2. The Morgan fingerprint density at radius 3 is 2.58 bits per heavy atom. The average molecular weight is 319 g/mol. The second kappa shape index (κ2) is 6.87. The highest BCUT2D eigenvalue weighted by molar-refractivity contribution is 6.01. The number of amides is 2. The fraction of sp³-hybridized carbons (Fsp3) is 0.111. The minimum atomic E-state index is -0.371. The third-order valence-corrected chi connectivity index (χ3v) is 3.42. The maximum atomic E-state index is 12.3. The number of nitrogens with zero attached hydrogens (tertiary/aromatic N) is 3. The summed E-state index contributed by atoms with van der Waals surface area (Å²) in [6.45, 7) is 3.81. The molecule has 0 aliphatic carbocycles. The lowest BCUT2D eigenvalue weighted by Gasteiger charge is -2.13. The van der Waals surface area contributed by atoms with Crippen molar-refractivity contribution in [3.8, 4) is 11.1 Å². The molecule has 120 valence electrons. The van der Waals surface area contributed by atoms with Crippen molar-refractivity contribution in [2.75, 3.05) is 10.6 Å². The van der Waals surface area contributed by atoms with Crippen LogP contribution in [0.5, 0.6) is 0 Å². The number of pyridine rings is 1. The number of carbonyl (C=O) groups is 1. The Hall–Kier alpha value is -3.28. The highest BCUT2D eigenvalue weighted by Gasteiger charge is 2.10. The molecule has 0 bridgehead atoms. The van der Waals surface area contributed by atoms with E-state index in [1.165, 1.54) is 6.20 Å². The van der Waals surface area contributed by atoms with Gasteiger partial charge in [0.15, 0.2) is 5.82 Å². The summed E-state index contributed by atoms with van der Waals surface area (Å²) in [6.07, 6.45) is 6.60. The molecule has 0 unspecified atom stereocenters. The van der Waals surface area contributed by atoms with Gasteiger partial charge >= 0.3 is 6.03 Å². The second-order valence-electron chi connectivity index (χ2n) is 5.41. The van der Waals surface area contributed by atoms with Gasteiger partial charge in [0.1, 0.15) is 0 Å². The molecule has 1 aromatic carbocycles. The third kappa shape index (κ3) is 3.73.